The lowest BCUT2D eigenvalue weighted by Crippen LogP contribution is -2.06. The van der Waals surface area contributed by atoms with E-state index in [4.69, 9.17) is 0 Å². The Bertz CT molecular complexity index is 546. The summed E-state index contributed by atoms with van der Waals surface area (Å²) in [6.07, 6.45) is 2.79. The number of halogens is 1. The third kappa shape index (κ3) is 2.43. The molecule has 0 spiro atoms. The first-order chi connectivity index (χ1) is 8.65. The molecule has 4 heteroatoms. The molecule has 1 N–H and O–H groups in total. The Balaban J connectivity index is 2.57. The molecule has 0 radical (unpaired) electrons. The fraction of sp³-hybridized carbons (Fsp3) is 0.357. The molecule has 1 aromatic carbocycles. The van der Waals surface area contributed by atoms with Gasteiger partial charge in [-0.1, -0.05) is 13.0 Å². The highest BCUT2D eigenvalue weighted by atomic mass is 19.1. The van der Waals surface area contributed by atoms with E-state index in [1.165, 1.54) is 6.07 Å². The van der Waals surface area contributed by atoms with Crippen LogP contribution in [0.5, 0.6) is 0 Å². The van der Waals surface area contributed by atoms with Gasteiger partial charge in [-0.25, -0.2) is 4.39 Å². The summed E-state index contributed by atoms with van der Waals surface area (Å²) < 4.78 is 15.2. The Labute approximate surface area is 107 Å². The van der Waals surface area contributed by atoms with Crippen LogP contribution in [0.4, 0.5) is 4.39 Å². The summed E-state index contributed by atoms with van der Waals surface area (Å²) in [5, 5.41) is 7.52. The molecule has 18 heavy (non-hydrogen) atoms. The van der Waals surface area contributed by atoms with Crippen molar-refractivity contribution < 1.29 is 4.39 Å². The minimum atomic E-state index is -0.212. The second-order valence-corrected chi connectivity index (χ2v) is 4.35. The monoisotopic (exact) mass is 247 g/mol. The molecule has 96 valence electrons. The van der Waals surface area contributed by atoms with Gasteiger partial charge in [-0.15, -0.1) is 0 Å². The van der Waals surface area contributed by atoms with Gasteiger partial charge in [0.15, 0.2) is 0 Å². The van der Waals surface area contributed by atoms with Gasteiger partial charge >= 0.3 is 0 Å². The van der Waals surface area contributed by atoms with Crippen molar-refractivity contribution in [3.8, 4) is 11.1 Å². The van der Waals surface area contributed by atoms with Crippen molar-refractivity contribution >= 4 is 0 Å². The molecule has 3 nitrogen and oxygen atoms in total. The maximum Gasteiger partial charge on any atom is 0.123 e. The number of rotatable bonds is 4. The zero-order chi connectivity index (χ0) is 13.1. The Morgan fingerprint density at radius 2 is 2.11 bits per heavy atom. The molecule has 2 aromatic rings. The molecule has 0 bridgehead atoms. The van der Waals surface area contributed by atoms with E-state index >= 15 is 0 Å². The average Bonchev–Trinajstić information content (AvgIpc) is 2.73. The van der Waals surface area contributed by atoms with Crippen LogP contribution in [0.2, 0.25) is 0 Å². The highest BCUT2D eigenvalue weighted by Crippen LogP contribution is 2.27. The van der Waals surface area contributed by atoms with E-state index in [2.05, 4.69) is 17.3 Å². The van der Waals surface area contributed by atoms with Crippen LogP contribution in [0.1, 0.15) is 18.2 Å². The van der Waals surface area contributed by atoms with Gasteiger partial charge in [-0.3, -0.25) is 4.68 Å². The van der Waals surface area contributed by atoms with Crippen molar-refractivity contribution in [1.29, 1.82) is 0 Å². The average molecular weight is 247 g/mol. The van der Waals surface area contributed by atoms with Crippen molar-refractivity contribution in [2.75, 3.05) is 7.05 Å². The lowest BCUT2D eigenvalue weighted by Gasteiger charge is -2.09. The summed E-state index contributed by atoms with van der Waals surface area (Å²) in [6.45, 7) is 2.77. The molecule has 0 saturated carbocycles. The Hall–Kier alpha value is -1.68. The van der Waals surface area contributed by atoms with Gasteiger partial charge in [0.05, 0.1) is 5.69 Å². The Morgan fingerprint density at radius 1 is 1.33 bits per heavy atom. The first-order valence-electron chi connectivity index (χ1n) is 6.11. The highest BCUT2D eigenvalue weighted by molar-refractivity contribution is 5.69. The van der Waals surface area contributed by atoms with E-state index in [0.29, 0.717) is 6.54 Å². The molecule has 0 saturated heterocycles. The normalized spacial score (nSPS) is 10.9. The number of benzene rings is 1. The fourth-order valence-electron chi connectivity index (χ4n) is 2.16. The summed E-state index contributed by atoms with van der Waals surface area (Å²) in [6, 6.07) is 4.91. The van der Waals surface area contributed by atoms with Crippen molar-refractivity contribution in [1.82, 2.24) is 15.1 Å². The zero-order valence-electron chi connectivity index (χ0n) is 11.0. The summed E-state index contributed by atoms with van der Waals surface area (Å²) in [5.74, 6) is -0.212. The van der Waals surface area contributed by atoms with Gasteiger partial charge in [0, 0.05) is 25.4 Å². The summed E-state index contributed by atoms with van der Waals surface area (Å²) >= 11 is 0. The van der Waals surface area contributed by atoms with Crippen LogP contribution in [0, 0.1) is 5.82 Å². The molecule has 0 atom stereocenters. The van der Waals surface area contributed by atoms with Crippen molar-refractivity contribution in [2.24, 2.45) is 7.05 Å². The Kier molecular flexibility index (Phi) is 3.77. The molecule has 0 fully saturated rings. The van der Waals surface area contributed by atoms with Gasteiger partial charge < -0.3 is 5.32 Å². The van der Waals surface area contributed by atoms with Crippen LogP contribution >= 0.6 is 0 Å². The van der Waals surface area contributed by atoms with Gasteiger partial charge in [0.2, 0.25) is 0 Å². The van der Waals surface area contributed by atoms with Crippen molar-refractivity contribution in [3.05, 3.63) is 41.5 Å². The molecular weight excluding hydrogens is 229 g/mol. The smallest absolute Gasteiger partial charge is 0.123 e. The minimum Gasteiger partial charge on any atom is -0.316 e. The topological polar surface area (TPSA) is 29.9 Å². The van der Waals surface area contributed by atoms with Gasteiger partial charge in [-0.2, -0.15) is 5.10 Å². The highest BCUT2D eigenvalue weighted by Gasteiger charge is 2.12. The predicted octanol–water partition coefficient (Wildman–Crippen LogP) is 2.51. The number of aryl methyl sites for hydroxylation is 2. The summed E-state index contributed by atoms with van der Waals surface area (Å²) in [7, 11) is 3.77. The standard InChI is InChI=1S/C14H18FN3/c1-4-14-13(9-18(3)17-14)12-7-11(15)6-5-10(12)8-16-2/h5-7,9,16H,4,8H2,1-3H3. The minimum absolute atomic E-state index is 0.212. The van der Waals surface area contributed by atoms with Crippen LogP contribution in [-0.2, 0) is 20.0 Å². The first-order valence-corrected chi connectivity index (χ1v) is 6.11. The SMILES string of the molecule is CCc1nn(C)cc1-c1cc(F)ccc1CNC. The number of nitrogens with one attached hydrogen (secondary N) is 1. The maximum absolute atomic E-state index is 13.5. The lowest BCUT2D eigenvalue weighted by atomic mass is 9.99. The second kappa shape index (κ2) is 5.31. The van der Waals surface area contributed by atoms with Crippen LogP contribution in [0.25, 0.3) is 11.1 Å². The molecule has 0 aliphatic rings. The molecule has 0 aliphatic carbocycles. The number of hydrogen-bond donors (Lipinski definition) is 1. The van der Waals surface area contributed by atoms with E-state index in [-0.39, 0.29) is 5.82 Å². The third-order valence-corrected chi connectivity index (χ3v) is 2.97. The van der Waals surface area contributed by atoms with Gasteiger partial charge in [0.1, 0.15) is 5.82 Å². The molecule has 0 unspecified atom stereocenters. The zero-order valence-corrected chi connectivity index (χ0v) is 11.0. The van der Waals surface area contributed by atoms with E-state index < -0.39 is 0 Å². The van der Waals surface area contributed by atoms with Crippen LogP contribution in [-0.4, -0.2) is 16.8 Å². The van der Waals surface area contributed by atoms with Crippen LogP contribution in [0.15, 0.2) is 24.4 Å². The predicted molar refractivity (Wildman–Crippen MR) is 70.7 cm³/mol. The maximum atomic E-state index is 13.5. The third-order valence-electron chi connectivity index (χ3n) is 2.97. The molecular formula is C14H18FN3. The number of hydrogen-bond acceptors (Lipinski definition) is 2. The molecule has 1 heterocycles. The van der Waals surface area contributed by atoms with E-state index in [9.17, 15) is 4.39 Å². The summed E-state index contributed by atoms with van der Waals surface area (Å²) in [4.78, 5) is 0. The molecule has 1 aromatic heterocycles. The van der Waals surface area contributed by atoms with Gasteiger partial charge in [-0.05, 0) is 36.7 Å². The number of nitrogens with zero attached hydrogens (tertiary/aromatic N) is 2. The Morgan fingerprint density at radius 3 is 2.78 bits per heavy atom. The second-order valence-electron chi connectivity index (χ2n) is 4.35. The largest absolute Gasteiger partial charge is 0.316 e. The summed E-state index contributed by atoms with van der Waals surface area (Å²) in [5.41, 5.74) is 4.03. The van der Waals surface area contributed by atoms with Crippen LogP contribution in [0.3, 0.4) is 0 Å². The quantitative estimate of drug-likeness (QED) is 0.899. The first kappa shape index (κ1) is 12.8. The van der Waals surface area contributed by atoms with E-state index in [0.717, 1.165) is 28.8 Å². The fourth-order valence-corrected chi connectivity index (χ4v) is 2.16. The van der Waals surface area contributed by atoms with E-state index in [1.54, 1.807) is 10.7 Å². The van der Waals surface area contributed by atoms with Crippen molar-refractivity contribution in [2.45, 2.75) is 19.9 Å². The lowest BCUT2D eigenvalue weighted by molar-refractivity contribution is 0.627. The van der Waals surface area contributed by atoms with Gasteiger partial charge in [0.25, 0.3) is 0 Å². The van der Waals surface area contributed by atoms with Crippen LogP contribution < -0.4 is 5.32 Å². The molecule has 0 aliphatic heterocycles. The molecule has 2 rings (SSSR count). The van der Waals surface area contributed by atoms with E-state index in [1.807, 2.05) is 26.4 Å². The number of aromatic nitrogens is 2. The van der Waals surface area contributed by atoms with Crippen molar-refractivity contribution in [3.63, 3.8) is 0 Å². The molecule has 0 amide bonds.